The van der Waals surface area contributed by atoms with Crippen LogP contribution in [0.1, 0.15) is 38.7 Å². The number of para-hydroxylation sites is 1. The number of amides is 3. The Balaban J connectivity index is 1.44. The summed E-state index contributed by atoms with van der Waals surface area (Å²) in [4.78, 5) is 48.9. The molecule has 0 fully saturated rings. The lowest BCUT2D eigenvalue weighted by Crippen LogP contribution is -2.42. The van der Waals surface area contributed by atoms with Crippen LogP contribution in [0.25, 0.3) is 0 Å². The molecule has 0 spiro atoms. The molecule has 2 aliphatic heterocycles. The number of unbranched alkanes of at least 4 members (excludes halogenated alkanes) is 1. The number of carbonyl (C=O) groups excluding carboxylic acids is 3. The Kier molecular flexibility index (Phi) is 8.37. The number of amidine groups is 2. The van der Waals surface area contributed by atoms with Crippen LogP contribution in [-0.2, 0) is 14.4 Å². The predicted molar refractivity (Wildman–Crippen MR) is 142 cm³/mol. The summed E-state index contributed by atoms with van der Waals surface area (Å²) in [6, 6.07) is 13.7. The Morgan fingerprint density at radius 3 is 2.61 bits per heavy atom. The Morgan fingerprint density at radius 1 is 1.08 bits per heavy atom. The van der Waals surface area contributed by atoms with E-state index in [4.69, 9.17) is 4.74 Å². The summed E-state index contributed by atoms with van der Waals surface area (Å²) < 4.78 is 5.42. The first-order valence-electron chi connectivity index (χ1n) is 12.0. The predicted octanol–water partition coefficient (Wildman–Crippen LogP) is 3.72. The van der Waals surface area contributed by atoms with Crippen LogP contribution in [-0.4, -0.2) is 58.6 Å². The Hall–Kier alpha value is -3.66. The molecule has 9 nitrogen and oxygen atoms in total. The first-order chi connectivity index (χ1) is 17.5. The molecule has 2 aliphatic rings. The first-order valence-corrected chi connectivity index (χ1v) is 13.0. The zero-order valence-corrected chi connectivity index (χ0v) is 21.1. The third-order valence-electron chi connectivity index (χ3n) is 5.56. The van der Waals surface area contributed by atoms with Crippen LogP contribution in [0.4, 0.5) is 11.4 Å². The van der Waals surface area contributed by atoms with Crippen LogP contribution in [0.3, 0.4) is 0 Å². The highest BCUT2D eigenvalue weighted by molar-refractivity contribution is 8.14. The number of hydrogen-bond acceptors (Lipinski definition) is 7. The molecule has 1 unspecified atom stereocenters. The standard InChI is InChI=1S/C26H29N5O4S/c1-3-5-14-27-22(32)15-21-25(34)31-24(29-21)19-8-6-7-9-20(19)30-26(31)36-16-23(33)28-17-10-12-18(13-11-17)35-4-2/h6-13,21H,3-5,14-16H2,1-2H3,(H,27,32)(H,28,33). The lowest BCUT2D eigenvalue weighted by molar-refractivity contribution is -0.128. The third-order valence-corrected chi connectivity index (χ3v) is 6.50. The number of rotatable bonds is 10. The van der Waals surface area contributed by atoms with Crippen molar-refractivity contribution in [2.45, 2.75) is 39.2 Å². The average Bonchev–Trinajstić information content (AvgIpc) is 3.20. The maximum atomic E-state index is 13.3. The van der Waals surface area contributed by atoms with Crippen LogP contribution in [0, 0.1) is 0 Å². The van der Waals surface area contributed by atoms with Crippen molar-refractivity contribution in [1.29, 1.82) is 0 Å². The molecular formula is C26H29N5O4S. The molecule has 0 bridgehead atoms. The van der Waals surface area contributed by atoms with Gasteiger partial charge in [-0.15, -0.1) is 0 Å². The SMILES string of the molecule is CCCCNC(=O)CC1N=C2c3ccccc3N=C(SCC(=O)Nc3ccc(OCC)cc3)N2C1=O. The molecule has 2 aromatic rings. The van der Waals surface area contributed by atoms with E-state index in [0.717, 1.165) is 35.9 Å². The molecule has 2 aromatic carbocycles. The fraction of sp³-hybridized carbons (Fsp3) is 0.346. The molecule has 2 heterocycles. The molecule has 4 rings (SSSR count). The molecule has 36 heavy (non-hydrogen) atoms. The van der Waals surface area contributed by atoms with Crippen molar-refractivity contribution < 1.29 is 19.1 Å². The number of ether oxygens (including phenoxy) is 1. The molecule has 0 saturated carbocycles. The van der Waals surface area contributed by atoms with Gasteiger partial charge in [0.25, 0.3) is 5.91 Å². The summed E-state index contributed by atoms with van der Waals surface area (Å²) >= 11 is 1.15. The minimum Gasteiger partial charge on any atom is -0.494 e. The highest BCUT2D eigenvalue weighted by Crippen LogP contribution is 2.34. The van der Waals surface area contributed by atoms with Crippen LogP contribution < -0.4 is 15.4 Å². The van der Waals surface area contributed by atoms with Gasteiger partial charge in [-0.05, 0) is 49.7 Å². The van der Waals surface area contributed by atoms with Gasteiger partial charge in [-0.1, -0.05) is 37.2 Å². The summed E-state index contributed by atoms with van der Waals surface area (Å²) in [7, 11) is 0. The quantitative estimate of drug-likeness (QED) is 0.476. The number of thioether (sulfide) groups is 1. The van der Waals surface area contributed by atoms with Gasteiger partial charge < -0.3 is 15.4 Å². The highest BCUT2D eigenvalue weighted by Gasteiger charge is 2.42. The molecule has 10 heteroatoms. The van der Waals surface area contributed by atoms with Gasteiger partial charge in [0.1, 0.15) is 17.6 Å². The van der Waals surface area contributed by atoms with Crippen molar-refractivity contribution in [3.63, 3.8) is 0 Å². The Bertz CT molecular complexity index is 1200. The minimum atomic E-state index is -0.823. The van der Waals surface area contributed by atoms with Crippen LogP contribution >= 0.6 is 11.8 Å². The summed E-state index contributed by atoms with van der Waals surface area (Å²) in [5.41, 5.74) is 2.04. The van der Waals surface area contributed by atoms with Crippen molar-refractivity contribution in [3.05, 3.63) is 54.1 Å². The number of nitrogens with one attached hydrogen (secondary N) is 2. The maximum Gasteiger partial charge on any atom is 0.259 e. The molecule has 0 aromatic heterocycles. The van der Waals surface area contributed by atoms with Gasteiger partial charge in [0.05, 0.1) is 24.5 Å². The number of fused-ring (bicyclic) bond motifs is 3. The van der Waals surface area contributed by atoms with Crippen molar-refractivity contribution >= 4 is 51.9 Å². The lowest BCUT2D eigenvalue weighted by atomic mass is 10.1. The number of carbonyl (C=O) groups is 3. The molecular weight excluding hydrogens is 478 g/mol. The largest absolute Gasteiger partial charge is 0.494 e. The van der Waals surface area contributed by atoms with Gasteiger partial charge in [0, 0.05) is 17.8 Å². The van der Waals surface area contributed by atoms with E-state index in [9.17, 15) is 14.4 Å². The number of nitrogens with zero attached hydrogens (tertiary/aromatic N) is 3. The average molecular weight is 508 g/mol. The Labute approximate surface area is 214 Å². The number of hydrogen-bond donors (Lipinski definition) is 2. The number of aliphatic imine (C=N–C) groups is 2. The van der Waals surface area contributed by atoms with E-state index < -0.39 is 6.04 Å². The first kappa shape index (κ1) is 25.4. The minimum absolute atomic E-state index is 0.0269. The second kappa shape index (κ2) is 11.9. The van der Waals surface area contributed by atoms with Gasteiger partial charge in [-0.3, -0.25) is 19.4 Å². The van der Waals surface area contributed by atoms with E-state index in [1.807, 2.05) is 38.1 Å². The van der Waals surface area contributed by atoms with E-state index in [1.165, 1.54) is 4.90 Å². The van der Waals surface area contributed by atoms with Crippen molar-refractivity contribution in [2.24, 2.45) is 9.98 Å². The number of benzene rings is 2. The van der Waals surface area contributed by atoms with Crippen molar-refractivity contribution in [2.75, 3.05) is 24.2 Å². The zero-order valence-electron chi connectivity index (χ0n) is 20.3. The topological polar surface area (TPSA) is 112 Å². The highest BCUT2D eigenvalue weighted by atomic mass is 32.2. The molecule has 3 amide bonds. The summed E-state index contributed by atoms with van der Waals surface area (Å²) in [5.74, 6) is 0.485. The van der Waals surface area contributed by atoms with Crippen LogP contribution in [0.5, 0.6) is 5.75 Å². The molecule has 2 N–H and O–H groups in total. The third kappa shape index (κ3) is 5.93. The molecule has 0 aliphatic carbocycles. The van der Waals surface area contributed by atoms with Gasteiger partial charge in [0.15, 0.2) is 5.17 Å². The monoisotopic (exact) mass is 507 g/mol. The van der Waals surface area contributed by atoms with E-state index in [2.05, 4.69) is 20.6 Å². The van der Waals surface area contributed by atoms with Crippen LogP contribution in [0.2, 0.25) is 0 Å². The van der Waals surface area contributed by atoms with Gasteiger partial charge >= 0.3 is 0 Å². The molecule has 0 radical (unpaired) electrons. The van der Waals surface area contributed by atoms with E-state index in [0.29, 0.717) is 35.5 Å². The molecule has 1 atom stereocenters. The molecule has 188 valence electrons. The molecule has 0 saturated heterocycles. The second-order valence-electron chi connectivity index (χ2n) is 8.26. The summed E-state index contributed by atoms with van der Waals surface area (Å²) in [5, 5.41) is 6.05. The Morgan fingerprint density at radius 2 is 1.86 bits per heavy atom. The normalized spacial score (nSPS) is 16.0. The van der Waals surface area contributed by atoms with Crippen molar-refractivity contribution in [3.8, 4) is 5.75 Å². The van der Waals surface area contributed by atoms with Gasteiger partial charge in [-0.25, -0.2) is 9.89 Å². The summed E-state index contributed by atoms with van der Waals surface area (Å²) in [6.45, 7) is 5.10. The number of anilines is 1. The van der Waals surface area contributed by atoms with Gasteiger partial charge in [0.2, 0.25) is 11.8 Å². The fourth-order valence-corrected chi connectivity index (χ4v) is 4.61. The maximum absolute atomic E-state index is 13.3. The summed E-state index contributed by atoms with van der Waals surface area (Å²) in [6.07, 6.45) is 1.82. The van der Waals surface area contributed by atoms with Crippen molar-refractivity contribution in [1.82, 2.24) is 10.2 Å². The second-order valence-corrected chi connectivity index (χ2v) is 9.20. The van der Waals surface area contributed by atoms with Crippen LogP contribution in [0.15, 0.2) is 58.5 Å². The van der Waals surface area contributed by atoms with Gasteiger partial charge in [-0.2, -0.15) is 0 Å². The van der Waals surface area contributed by atoms with E-state index in [-0.39, 0.29) is 29.9 Å². The smallest absolute Gasteiger partial charge is 0.259 e. The van der Waals surface area contributed by atoms with E-state index in [1.54, 1.807) is 24.3 Å². The zero-order chi connectivity index (χ0) is 25.5. The lowest BCUT2D eigenvalue weighted by Gasteiger charge is -2.25. The fourth-order valence-electron chi connectivity index (χ4n) is 3.81. The van der Waals surface area contributed by atoms with E-state index >= 15 is 0 Å².